The van der Waals surface area contributed by atoms with E-state index in [0.717, 1.165) is 6.07 Å². The molecule has 4 nitrogen and oxygen atoms in total. The minimum atomic E-state index is -3.10. The van der Waals surface area contributed by atoms with E-state index in [0.29, 0.717) is 6.42 Å². The first-order valence-corrected chi connectivity index (χ1v) is 7.33. The summed E-state index contributed by atoms with van der Waals surface area (Å²) in [6, 6.07) is 5.50. The third-order valence-electron chi connectivity index (χ3n) is 2.24. The van der Waals surface area contributed by atoms with Gasteiger partial charge in [-0.1, -0.05) is 6.92 Å². The Morgan fingerprint density at radius 2 is 2.11 bits per heavy atom. The van der Waals surface area contributed by atoms with Crippen LogP contribution >= 0.6 is 0 Å². The maximum atomic E-state index is 13.2. The van der Waals surface area contributed by atoms with Crippen LogP contribution in [-0.2, 0) is 9.84 Å². The zero-order valence-corrected chi connectivity index (χ0v) is 10.8. The van der Waals surface area contributed by atoms with Gasteiger partial charge in [0, 0.05) is 6.07 Å². The molecule has 0 fully saturated rings. The van der Waals surface area contributed by atoms with E-state index in [1.165, 1.54) is 12.1 Å². The summed E-state index contributed by atoms with van der Waals surface area (Å²) in [4.78, 5) is 0. The predicted molar refractivity (Wildman–Crippen MR) is 65.6 cm³/mol. The molecule has 0 radical (unpaired) electrons. The summed E-state index contributed by atoms with van der Waals surface area (Å²) in [7, 11) is -3.10. The molecule has 0 aromatic heterocycles. The zero-order valence-electron chi connectivity index (χ0n) is 10.0. The number of sulfone groups is 1. The molecule has 1 rings (SSSR count). The molecule has 18 heavy (non-hydrogen) atoms. The number of halogens is 1. The summed E-state index contributed by atoms with van der Waals surface area (Å²) in [6.45, 7) is 1.77. The van der Waals surface area contributed by atoms with Crippen molar-refractivity contribution in [3.63, 3.8) is 0 Å². The van der Waals surface area contributed by atoms with E-state index in [1.54, 1.807) is 13.0 Å². The molecule has 0 aliphatic heterocycles. The molecule has 0 aliphatic rings. The maximum absolute atomic E-state index is 13.2. The molecule has 6 heteroatoms. The maximum Gasteiger partial charge on any atom is 0.153 e. The fourth-order valence-electron chi connectivity index (χ4n) is 1.38. The topological polar surface area (TPSA) is 67.2 Å². The van der Waals surface area contributed by atoms with Gasteiger partial charge in [-0.15, -0.1) is 0 Å². The molecule has 0 N–H and O–H groups in total. The number of ether oxygens (including phenoxy) is 1. The van der Waals surface area contributed by atoms with Gasteiger partial charge in [-0.05, 0) is 18.6 Å². The molecule has 0 amide bonds. The minimum Gasteiger partial charge on any atom is -0.492 e. The molecular weight excluding hydrogens is 257 g/mol. The van der Waals surface area contributed by atoms with Crippen molar-refractivity contribution in [2.45, 2.75) is 13.3 Å². The molecule has 0 aliphatic carbocycles. The Morgan fingerprint density at radius 3 is 2.67 bits per heavy atom. The van der Waals surface area contributed by atoms with Crippen molar-refractivity contribution in [3.8, 4) is 11.8 Å². The second-order valence-corrected chi connectivity index (χ2v) is 6.06. The number of nitrogens with zero attached hydrogens (tertiary/aromatic N) is 1. The van der Waals surface area contributed by atoms with E-state index in [1.807, 2.05) is 0 Å². The predicted octanol–water partition coefficient (Wildman–Crippen LogP) is 1.90. The lowest BCUT2D eigenvalue weighted by molar-refractivity contribution is 0.339. The largest absolute Gasteiger partial charge is 0.492 e. The van der Waals surface area contributed by atoms with Gasteiger partial charge in [0.1, 0.15) is 24.2 Å². The summed E-state index contributed by atoms with van der Waals surface area (Å²) in [5.41, 5.74) is -0.0686. The van der Waals surface area contributed by atoms with Crippen molar-refractivity contribution in [3.05, 3.63) is 29.6 Å². The van der Waals surface area contributed by atoms with E-state index >= 15 is 0 Å². The summed E-state index contributed by atoms with van der Waals surface area (Å²) in [5, 5.41) is 8.54. The second-order valence-electron chi connectivity index (χ2n) is 3.75. The summed E-state index contributed by atoms with van der Waals surface area (Å²) in [6.07, 6.45) is 0.563. The highest BCUT2D eigenvalue weighted by atomic mass is 32.2. The Bertz CT molecular complexity index is 549. The smallest absolute Gasteiger partial charge is 0.153 e. The first-order chi connectivity index (χ1) is 8.48. The first-order valence-electron chi connectivity index (χ1n) is 5.51. The van der Waals surface area contributed by atoms with Crippen LogP contribution in [0.1, 0.15) is 18.9 Å². The molecular formula is C12H14FNO3S. The Kier molecular flexibility index (Phi) is 5.10. The Balaban J connectivity index is 2.55. The lowest BCUT2D eigenvalue weighted by Gasteiger charge is -2.07. The highest BCUT2D eigenvalue weighted by molar-refractivity contribution is 7.91. The Morgan fingerprint density at radius 1 is 1.39 bits per heavy atom. The zero-order chi connectivity index (χ0) is 13.6. The van der Waals surface area contributed by atoms with Gasteiger partial charge in [0.05, 0.1) is 17.1 Å². The van der Waals surface area contributed by atoms with Gasteiger partial charge in [0.2, 0.25) is 0 Å². The molecule has 1 aromatic rings. The van der Waals surface area contributed by atoms with Crippen LogP contribution in [0.2, 0.25) is 0 Å². The summed E-state index contributed by atoms with van der Waals surface area (Å²) in [5.74, 6) is -0.426. The van der Waals surface area contributed by atoms with Gasteiger partial charge in [0.25, 0.3) is 0 Å². The van der Waals surface area contributed by atoms with Crippen molar-refractivity contribution in [2.75, 3.05) is 18.1 Å². The number of nitriles is 1. The monoisotopic (exact) mass is 271 g/mol. The molecule has 0 heterocycles. The van der Waals surface area contributed by atoms with Crippen LogP contribution in [0.15, 0.2) is 18.2 Å². The van der Waals surface area contributed by atoms with Crippen LogP contribution in [0.4, 0.5) is 4.39 Å². The highest BCUT2D eigenvalue weighted by Crippen LogP contribution is 2.16. The van der Waals surface area contributed by atoms with Crippen LogP contribution < -0.4 is 4.74 Å². The van der Waals surface area contributed by atoms with Gasteiger partial charge in [-0.3, -0.25) is 0 Å². The van der Waals surface area contributed by atoms with E-state index in [9.17, 15) is 12.8 Å². The molecule has 0 saturated carbocycles. The minimum absolute atomic E-state index is 0.0202. The van der Waals surface area contributed by atoms with Crippen molar-refractivity contribution < 1.29 is 17.5 Å². The van der Waals surface area contributed by atoms with Crippen molar-refractivity contribution in [2.24, 2.45) is 0 Å². The lowest BCUT2D eigenvalue weighted by Crippen LogP contribution is -2.16. The number of hydrogen-bond acceptors (Lipinski definition) is 4. The first kappa shape index (κ1) is 14.5. The van der Waals surface area contributed by atoms with Crippen LogP contribution in [-0.4, -0.2) is 26.5 Å². The number of hydrogen-bond donors (Lipinski definition) is 0. The van der Waals surface area contributed by atoms with Crippen LogP contribution in [0.5, 0.6) is 5.75 Å². The van der Waals surface area contributed by atoms with Gasteiger partial charge < -0.3 is 4.74 Å². The van der Waals surface area contributed by atoms with E-state index in [-0.39, 0.29) is 29.4 Å². The third-order valence-corrected chi connectivity index (χ3v) is 4.06. The Hall–Kier alpha value is -1.61. The van der Waals surface area contributed by atoms with E-state index < -0.39 is 15.7 Å². The fourth-order valence-corrected chi connectivity index (χ4v) is 2.54. The Labute approximate surface area is 106 Å². The molecule has 0 unspecified atom stereocenters. The standard InChI is InChI=1S/C12H14FNO3S/c1-2-6-18(15,16)7-5-17-11-4-3-10(9-14)12(13)8-11/h3-4,8H,2,5-7H2,1H3. The SMILES string of the molecule is CCCS(=O)(=O)CCOc1ccc(C#N)c(F)c1. The molecule has 0 atom stereocenters. The van der Waals surface area contributed by atoms with Gasteiger partial charge in [-0.25, -0.2) is 12.8 Å². The number of benzene rings is 1. The van der Waals surface area contributed by atoms with Crippen molar-refractivity contribution >= 4 is 9.84 Å². The molecule has 1 aromatic carbocycles. The summed E-state index contributed by atoms with van der Waals surface area (Å²) >= 11 is 0. The molecule has 0 bridgehead atoms. The highest BCUT2D eigenvalue weighted by Gasteiger charge is 2.10. The second kappa shape index (κ2) is 6.36. The summed E-state index contributed by atoms with van der Waals surface area (Å²) < 4.78 is 41.1. The van der Waals surface area contributed by atoms with Crippen LogP contribution in [0.3, 0.4) is 0 Å². The normalized spacial score (nSPS) is 10.9. The van der Waals surface area contributed by atoms with Crippen molar-refractivity contribution in [1.82, 2.24) is 0 Å². The molecule has 0 saturated heterocycles. The quantitative estimate of drug-likeness (QED) is 0.792. The molecule has 98 valence electrons. The van der Waals surface area contributed by atoms with Crippen LogP contribution in [0.25, 0.3) is 0 Å². The van der Waals surface area contributed by atoms with Crippen molar-refractivity contribution in [1.29, 1.82) is 5.26 Å². The fraction of sp³-hybridized carbons (Fsp3) is 0.417. The van der Waals surface area contributed by atoms with Gasteiger partial charge >= 0.3 is 0 Å². The van der Waals surface area contributed by atoms with Gasteiger partial charge in [0.15, 0.2) is 9.84 Å². The van der Waals surface area contributed by atoms with Crippen LogP contribution in [0, 0.1) is 17.1 Å². The van der Waals surface area contributed by atoms with E-state index in [2.05, 4.69) is 0 Å². The van der Waals surface area contributed by atoms with E-state index in [4.69, 9.17) is 10.00 Å². The average Bonchev–Trinajstić information content (AvgIpc) is 2.29. The lowest BCUT2D eigenvalue weighted by atomic mass is 10.2. The third kappa shape index (κ3) is 4.34. The number of rotatable bonds is 6. The molecule has 0 spiro atoms. The van der Waals surface area contributed by atoms with Gasteiger partial charge in [-0.2, -0.15) is 5.26 Å². The average molecular weight is 271 g/mol.